The summed E-state index contributed by atoms with van der Waals surface area (Å²) in [5.74, 6) is 0.815. The van der Waals surface area contributed by atoms with Crippen molar-refractivity contribution in [2.75, 3.05) is 20.2 Å². The molecule has 0 spiro atoms. The molecule has 0 unspecified atom stereocenters. The van der Waals surface area contributed by atoms with E-state index in [4.69, 9.17) is 4.74 Å². The van der Waals surface area contributed by atoms with Crippen molar-refractivity contribution in [2.24, 2.45) is 0 Å². The number of carbonyl (C=O) groups excluding carboxylic acids is 2. The topological polar surface area (TPSA) is 70.7 Å². The molecule has 2 N–H and O–H groups in total. The van der Waals surface area contributed by atoms with Crippen LogP contribution in [-0.4, -0.2) is 49.0 Å². The van der Waals surface area contributed by atoms with Gasteiger partial charge in [-0.3, -0.25) is 14.5 Å². The van der Waals surface area contributed by atoms with Crippen LogP contribution in [-0.2, 0) is 16.1 Å². The summed E-state index contributed by atoms with van der Waals surface area (Å²) < 4.78 is 5.40. The Labute approximate surface area is 168 Å². The highest BCUT2D eigenvalue weighted by Crippen LogP contribution is 2.26. The van der Waals surface area contributed by atoms with Crippen LogP contribution in [0.3, 0.4) is 0 Å². The molecule has 0 bridgehead atoms. The lowest BCUT2D eigenvalue weighted by Crippen LogP contribution is -2.56. The van der Waals surface area contributed by atoms with E-state index in [0.29, 0.717) is 13.1 Å². The van der Waals surface area contributed by atoms with E-state index in [1.807, 2.05) is 6.07 Å². The Balaban J connectivity index is 1.67. The van der Waals surface area contributed by atoms with Crippen LogP contribution in [0.1, 0.15) is 55.2 Å². The molecule has 2 aliphatic rings. The summed E-state index contributed by atoms with van der Waals surface area (Å²) >= 11 is 0. The van der Waals surface area contributed by atoms with Gasteiger partial charge in [0.15, 0.2) is 0 Å². The molecule has 28 heavy (non-hydrogen) atoms. The quantitative estimate of drug-likeness (QED) is 0.787. The standard InChI is InChI=1S/C22H33N3O3/c1-15-16(2)20(28-3)10-9-17(15)14-25-12-11-23-22(27)19(25)13-21(26)24-18-7-5-4-6-8-18/h9-10,18-19H,4-8,11-14H2,1-3H3,(H,23,27)(H,24,26)/t19-/m0/s1. The lowest BCUT2D eigenvalue weighted by molar-refractivity contribution is -0.134. The van der Waals surface area contributed by atoms with Crippen molar-refractivity contribution in [1.82, 2.24) is 15.5 Å². The molecule has 0 aromatic heterocycles. The van der Waals surface area contributed by atoms with Crippen molar-refractivity contribution in [3.63, 3.8) is 0 Å². The Morgan fingerprint density at radius 1 is 1.21 bits per heavy atom. The average Bonchev–Trinajstić information content (AvgIpc) is 2.69. The van der Waals surface area contributed by atoms with Crippen molar-refractivity contribution in [3.8, 4) is 5.75 Å². The maximum atomic E-state index is 12.6. The highest BCUT2D eigenvalue weighted by molar-refractivity contribution is 5.88. The van der Waals surface area contributed by atoms with Crippen LogP contribution in [0.15, 0.2) is 12.1 Å². The van der Waals surface area contributed by atoms with E-state index in [0.717, 1.165) is 30.7 Å². The average molecular weight is 388 g/mol. The van der Waals surface area contributed by atoms with Gasteiger partial charge < -0.3 is 15.4 Å². The molecule has 1 aliphatic heterocycles. The fourth-order valence-corrected chi connectivity index (χ4v) is 4.35. The molecular formula is C22H33N3O3. The molecule has 1 saturated heterocycles. The van der Waals surface area contributed by atoms with Gasteiger partial charge in [0.1, 0.15) is 5.75 Å². The Kier molecular flexibility index (Phi) is 6.94. The van der Waals surface area contributed by atoms with E-state index in [-0.39, 0.29) is 24.3 Å². The third kappa shape index (κ3) is 4.85. The van der Waals surface area contributed by atoms with Gasteiger partial charge >= 0.3 is 0 Å². The predicted octanol–water partition coefficient (Wildman–Crippen LogP) is 2.45. The molecule has 1 heterocycles. The summed E-state index contributed by atoms with van der Waals surface area (Å²) in [5, 5.41) is 6.07. The largest absolute Gasteiger partial charge is 0.496 e. The number of amides is 2. The first-order valence-corrected chi connectivity index (χ1v) is 10.4. The molecular weight excluding hydrogens is 354 g/mol. The Bertz CT molecular complexity index is 713. The minimum atomic E-state index is -0.417. The number of ether oxygens (including phenoxy) is 1. The van der Waals surface area contributed by atoms with Crippen molar-refractivity contribution < 1.29 is 14.3 Å². The Morgan fingerprint density at radius 3 is 2.68 bits per heavy atom. The number of rotatable bonds is 6. The van der Waals surface area contributed by atoms with Gasteiger partial charge in [0.05, 0.1) is 19.6 Å². The zero-order valence-electron chi connectivity index (χ0n) is 17.3. The fraction of sp³-hybridized carbons (Fsp3) is 0.636. The van der Waals surface area contributed by atoms with Crippen LogP contribution >= 0.6 is 0 Å². The molecule has 6 heteroatoms. The first-order valence-electron chi connectivity index (χ1n) is 10.4. The SMILES string of the molecule is COc1ccc(CN2CCNC(=O)[C@@H]2CC(=O)NC2CCCCC2)c(C)c1C. The second-order valence-corrected chi connectivity index (χ2v) is 8.06. The summed E-state index contributed by atoms with van der Waals surface area (Å²) in [6, 6.07) is 3.89. The first-order chi connectivity index (χ1) is 13.5. The number of carbonyl (C=O) groups is 2. The molecule has 0 radical (unpaired) electrons. The zero-order valence-corrected chi connectivity index (χ0v) is 17.3. The monoisotopic (exact) mass is 387 g/mol. The van der Waals surface area contributed by atoms with E-state index in [9.17, 15) is 9.59 Å². The molecule has 2 amide bonds. The summed E-state index contributed by atoms with van der Waals surface area (Å²) in [6.07, 6.45) is 5.93. The summed E-state index contributed by atoms with van der Waals surface area (Å²) in [4.78, 5) is 27.2. The number of benzene rings is 1. The second kappa shape index (κ2) is 9.41. The summed E-state index contributed by atoms with van der Waals surface area (Å²) in [5.41, 5.74) is 3.47. The number of piperazine rings is 1. The fourth-order valence-electron chi connectivity index (χ4n) is 4.35. The molecule has 1 aromatic rings. The zero-order chi connectivity index (χ0) is 20.1. The van der Waals surface area contributed by atoms with Crippen LogP contribution in [0.25, 0.3) is 0 Å². The van der Waals surface area contributed by atoms with Crippen molar-refractivity contribution in [2.45, 2.75) is 71.0 Å². The van der Waals surface area contributed by atoms with Crippen molar-refractivity contribution in [3.05, 3.63) is 28.8 Å². The smallest absolute Gasteiger partial charge is 0.237 e. The number of hydrogen-bond donors (Lipinski definition) is 2. The van der Waals surface area contributed by atoms with E-state index in [1.54, 1.807) is 7.11 Å². The van der Waals surface area contributed by atoms with E-state index in [2.05, 4.69) is 35.4 Å². The highest BCUT2D eigenvalue weighted by atomic mass is 16.5. The molecule has 154 valence electrons. The maximum Gasteiger partial charge on any atom is 0.237 e. The van der Waals surface area contributed by atoms with Gasteiger partial charge in [-0.1, -0.05) is 25.3 Å². The van der Waals surface area contributed by atoms with Gasteiger partial charge in [-0.05, 0) is 49.4 Å². The predicted molar refractivity (Wildman–Crippen MR) is 109 cm³/mol. The minimum Gasteiger partial charge on any atom is -0.496 e. The Hall–Kier alpha value is -2.08. The van der Waals surface area contributed by atoms with Crippen molar-refractivity contribution in [1.29, 1.82) is 0 Å². The molecule has 1 saturated carbocycles. The third-order valence-electron chi connectivity index (χ3n) is 6.23. The van der Waals surface area contributed by atoms with Gasteiger partial charge in [-0.15, -0.1) is 0 Å². The highest BCUT2D eigenvalue weighted by Gasteiger charge is 2.32. The molecule has 1 atom stereocenters. The lowest BCUT2D eigenvalue weighted by atomic mass is 9.95. The number of nitrogens with zero attached hydrogens (tertiary/aromatic N) is 1. The number of nitrogens with one attached hydrogen (secondary N) is 2. The maximum absolute atomic E-state index is 12.6. The van der Waals surface area contributed by atoms with Gasteiger partial charge in [0.25, 0.3) is 0 Å². The lowest BCUT2D eigenvalue weighted by Gasteiger charge is -2.35. The number of methoxy groups -OCH3 is 1. The van der Waals surface area contributed by atoms with E-state index in [1.165, 1.54) is 30.4 Å². The van der Waals surface area contributed by atoms with Gasteiger partial charge in [0.2, 0.25) is 11.8 Å². The van der Waals surface area contributed by atoms with Gasteiger partial charge in [-0.25, -0.2) is 0 Å². The van der Waals surface area contributed by atoms with Crippen LogP contribution in [0.4, 0.5) is 0 Å². The van der Waals surface area contributed by atoms with Crippen LogP contribution in [0.5, 0.6) is 5.75 Å². The first kappa shape index (κ1) is 20.6. The molecule has 2 fully saturated rings. The summed E-state index contributed by atoms with van der Waals surface area (Å²) in [6.45, 7) is 6.16. The molecule has 3 rings (SSSR count). The summed E-state index contributed by atoms with van der Waals surface area (Å²) in [7, 11) is 1.68. The third-order valence-corrected chi connectivity index (χ3v) is 6.23. The van der Waals surface area contributed by atoms with Gasteiger partial charge in [0, 0.05) is 25.7 Å². The molecule has 1 aliphatic carbocycles. The normalized spacial score (nSPS) is 21.2. The van der Waals surface area contributed by atoms with Crippen LogP contribution < -0.4 is 15.4 Å². The Morgan fingerprint density at radius 2 is 1.96 bits per heavy atom. The van der Waals surface area contributed by atoms with Crippen LogP contribution in [0.2, 0.25) is 0 Å². The van der Waals surface area contributed by atoms with Crippen molar-refractivity contribution >= 4 is 11.8 Å². The minimum absolute atomic E-state index is 0.0124. The number of hydrogen-bond acceptors (Lipinski definition) is 4. The molecule has 6 nitrogen and oxygen atoms in total. The van der Waals surface area contributed by atoms with E-state index >= 15 is 0 Å². The molecule has 1 aromatic carbocycles. The second-order valence-electron chi connectivity index (χ2n) is 8.06. The van der Waals surface area contributed by atoms with E-state index < -0.39 is 6.04 Å². The van der Waals surface area contributed by atoms with Gasteiger partial charge in [-0.2, -0.15) is 0 Å². The van der Waals surface area contributed by atoms with Crippen LogP contribution in [0, 0.1) is 13.8 Å².